The van der Waals surface area contributed by atoms with Gasteiger partial charge in [0.2, 0.25) is 5.78 Å². The smallest absolute Gasteiger partial charge is 0.303 e. The van der Waals surface area contributed by atoms with Gasteiger partial charge in [0.25, 0.3) is 0 Å². The van der Waals surface area contributed by atoms with Crippen molar-refractivity contribution in [1.82, 2.24) is 0 Å². The van der Waals surface area contributed by atoms with E-state index in [1.807, 2.05) is 18.2 Å². The number of hydrogen-bond donors (Lipinski definition) is 1. The van der Waals surface area contributed by atoms with Gasteiger partial charge >= 0.3 is 5.97 Å². The van der Waals surface area contributed by atoms with Gasteiger partial charge in [-0.05, 0) is 67.4 Å². The summed E-state index contributed by atoms with van der Waals surface area (Å²) in [5.41, 5.74) is 1.13. The third-order valence-corrected chi connectivity index (χ3v) is 11.2. The highest BCUT2D eigenvalue weighted by Crippen LogP contribution is 2.69. The molecule has 0 bridgehead atoms. The molecule has 3 fully saturated rings. The molecule has 8 atom stereocenters. The first kappa shape index (κ1) is 29.3. The average molecular weight is 640 g/mol. The number of benzene rings is 1. The topological polar surface area (TPSA) is 107 Å². The van der Waals surface area contributed by atoms with E-state index in [0.717, 1.165) is 29.4 Å². The van der Waals surface area contributed by atoms with Crippen molar-refractivity contribution in [1.29, 1.82) is 0 Å². The van der Waals surface area contributed by atoms with Gasteiger partial charge in [-0.1, -0.05) is 58.7 Å². The highest BCUT2D eigenvalue weighted by molar-refractivity contribution is 9.10. The molecular formula is C33H39BrN2O6. The zero-order chi connectivity index (χ0) is 29.9. The fourth-order valence-corrected chi connectivity index (χ4v) is 9.46. The van der Waals surface area contributed by atoms with E-state index in [9.17, 15) is 14.7 Å². The lowest BCUT2D eigenvalue weighted by Crippen LogP contribution is -2.62. The molecule has 1 aromatic rings. The lowest BCUT2D eigenvalue weighted by atomic mass is 9.46. The monoisotopic (exact) mass is 638 g/mol. The Morgan fingerprint density at radius 1 is 1.29 bits per heavy atom. The number of ether oxygens (including phenoxy) is 2. The van der Waals surface area contributed by atoms with Crippen LogP contribution in [-0.4, -0.2) is 59.4 Å². The highest BCUT2D eigenvalue weighted by atomic mass is 79.9. The molecule has 1 aromatic carbocycles. The van der Waals surface area contributed by atoms with Crippen molar-refractivity contribution >= 4 is 39.3 Å². The Balaban J connectivity index is 1.21. The fourth-order valence-electron chi connectivity index (χ4n) is 9.01. The molecule has 0 saturated heterocycles. The average Bonchev–Trinajstić information content (AvgIpc) is 3.39. The number of allylic oxidation sites excluding steroid dienone is 4. The summed E-state index contributed by atoms with van der Waals surface area (Å²) in [7, 11) is 0. The van der Waals surface area contributed by atoms with E-state index in [0.29, 0.717) is 25.3 Å². The predicted molar refractivity (Wildman–Crippen MR) is 162 cm³/mol. The second-order valence-corrected chi connectivity index (χ2v) is 13.9. The third kappa shape index (κ3) is 4.58. The van der Waals surface area contributed by atoms with Crippen LogP contribution in [-0.2, 0) is 30.3 Å². The molecule has 8 nitrogen and oxygen atoms in total. The summed E-state index contributed by atoms with van der Waals surface area (Å²) in [4.78, 5) is 35.8. The zero-order valence-corrected chi connectivity index (χ0v) is 26.2. The Bertz CT molecular complexity index is 1420. The fraction of sp³-hybridized carbons (Fsp3) is 0.576. The van der Waals surface area contributed by atoms with Gasteiger partial charge < -0.3 is 19.4 Å². The van der Waals surface area contributed by atoms with E-state index < -0.39 is 29.1 Å². The summed E-state index contributed by atoms with van der Waals surface area (Å²) in [6.07, 6.45) is 8.94. The van der Waals surface area contributed by atoms with Crippen LogP contribution in [0.1, 0.15) is 58.9 Å². The number of fused-ring (bicyclic) bond motifs is 7. The van der Waals surface area contributed by atoms with Crippen molar-refractivity contribution in [2.45, 2.75) is 77.5 Å². The molecule has 42 heavy (non-hydrogen) atoms. The van der Waals surface area contributed by atoms with Crippen molar-refractivity contribution in [2.75, 3.05) is 13.2 Å². The third-order valence-electron chi connectivity index (χ3n) is 10.7. The number of aliphatic imine (C=N–C) groups is 1. The minimum atomic E-state index is -1.16. The second kappa shape index (κ2) is 10.7. The lowest BCUT2D eigenvalue weighted by molar-refractivity contribution is -0.154. The summed E-state index contributed by atoms with van der Waals surface area (Å²) in [5.74, 6) is 0.0622. The summed E-state index contributed by atoms with van der Waals surface area (Å²) in [5, 5.41) is 16.3. The number of ketones is 1. The van der Waals surface area contributed by atoms with Gasteiger partial charge in [0.1, 0.15) is 18.4 Å². The molecule has 3 saturated carbocycles. The molecule has 5 aliphatic rings. The minimum absolute atomic E-state index is 0.00431. The van der Waals surface area contributed by atoms with Crippen LogP contribution in [0.25, 0.3) is 0 Å². The first-order valence-electron chi connectivity index (χ1n) is 14.9. The van der Waals surface area contributed by atoms with Crippen LogP contribution >= 0.6 is 15.9 Å². The largest absolute Gasteiger partial charge is 0.475 e. The van der Waals surface area contributed by atoms with Gasteiger partial charge in [-0.25, -0.2) is 4.99 Å². The molecule has 9 heteroatoms. The van der Waals surface area contributed by atoms with Crippen molar-refractivity contribution in [3.63, 3.8) is 0 Å². The number of aliphatic hydroxyl groups excluding tert-OH is 1. The first-order valence-corrected chi connectivity index (χ1v) is 15.7. The predicted octanol–water partition coefficient (Wildman–Crippen LogP) is 5.37. The molecule has 0 amide bonds. The Labute approximate surface area is 255 Å². The number of halogens is 1. The van der Waals surface area contributed by atoms with E-state index in [2.05, 4.69) is 59.2 Å². The second-order valence-electron chi connectivity index (χ2n) is 13.0. The molecule has 0 unspecified atom stereocenters. The zero-order valence-electron chi connectivity index (χ0n) is 24.6. The van der Waals surface area contributed by atoms with Crippen LogP contribution in [0.5, 0.6) is 0 Å². The molecule has 1 N–H and O–H groups in total. The maximum Gasteiger partial charge on any atom is 0.303 e. The number of nitrogens with zero attached hydrogens (tertiary/aromatic N) is 2. The minimum Gasteiger partial charge on any atom is -0.475 e. The number of aliphatic hydroxyl groups is 1. The summed E-state index contributed by atoms with van der Waals surface area (Å²) in [6.45, 7) is 7.54. The normalized spacial score (nSPS) is 38.8. The van der Waals surface area contributed by atoms with Gasteiger partial charge in [0.15, 0.2) is 18.0 Å². The van der Waals surface area contributed by atoms with E-state index >= 15 is 0 Å². The standard InChI is InChI=1S/C33H39BrN2O6/c1-19-35-33(28(39)18-40-20(2)37)29(42-19)16-26-25-9-8-22-15-24(36-41-13-11-21-6-5-7-23(34)14-21)10-12-31(22,3)30(25)27(38)17-32(26,33)4/h5-7,10,12,14-15,25-27,29-30,38H,8-9,11,13,16-18H2,1-4H3/t25-,26-,27-,29+,30+,31-,32-,33+/m0/s1. The lowest BCUT2D eigenvalue weighted by Gasteiger charge is -2.59. The Morgan fingerprint density at radius 2 is 2.10 bits per heavy atom. The molecule has 6 rings (SSSR count). The summed E-state index contributed by atoms with van der Waals surface area (Å²) >= 11 is 3.51. The Kier molecular flexibility index (Phi) is 7.49. The molecule has 4 aliphatic carbocycles. The van der Waals surface area contributed by atoms with Gasteiger partial charge in [-0.15, -0.1) is 0 Å². The number of carbonyl (C=O) groups is 2. The maximum absolute atomic E-state index is 13.8. The quantitative estimate of drug-likeness (QED) is 0.244. The Morgan fingerprint density at radius 3 is 2.86 bits per heavy atom. The molecule has 1 heterocycles. The van der Waals surface area contributed by atoms with Crippen LogP contribution in [0.2, 0.25) is 0 Å². The van der Waals surface area contributed by atoms with Crippen molar-refractivity contribution in [3.8, 4) is 0 Å². The Hall–Kier alpha value is -2.78. The van der Waals surface area contributed by atoms with Crippen LogP contribution in [0, 0.1) is 28.6 Å². The van der Waals surface area contributed by atoms with Crippen LogP contribution in [0.3, 0.4) is 0 Å². The number of carbonyl (C=O) groups excluding carboxylic acids is 2. The van der Waals surface area contributed by atoms with Gasteiger partial charge in [-0.3, -0.25) is 9.59 Å². The number of esters is 1. The number of hydrogen-bond acceptors (Lipinski definition) is 8. The van der Waals surface area contributed by atoms with Gasteiger partial charge in [0, 0.05) is 41.5 Å². The van der Waals surface area contributed by atoms with E-state index in [4.69, 9.17) is 19.3 Å². The SMILES string of the molecule is CC(=O)OCC(=O)[C@@]12N=C(C)O[C@@H]1C[C@H]1[C@@H]3CCC4=CC(=NOCCc5cccc(Br)c5)C=C[C@]4(C)[C@H]3[C@@H](O)C[C@@]12C. The maximum atomic E-state index is 13.8. The molecule has 1 aliphatic heterocycles. The molecule has 224 valence electrons. The van der Waals surface area contributed by atoms with E-state index in [-0.39, 0.29) is 35.6 Å². The number of Topliss-reactive ketones (excluding diaryl/α,β-unsaturated/α-hetero) is 1. The van der Waals surface area contributed by atoms with Crippen LogP contribution in [0.15, 0.2) is 62.7 Å². The van der Waals surface area contributed by atoms with E-state index in [1.165, 1.54) is 18.1 Å². The number of oxime groups is 1. The highest BCUT2D eigenvalue weighted by Gasteiger charge is 2.74. The van der Waals surface area contributed by atoms with Crippen LogP contribution < -0.4 is 0 Å². The molecule has 0 spiro atoms. The number of rotatable bonds is 7. The van der Waals surface area contributed by atoms with Gasteiger partial charge in [0.05, 0.1) is 6.10 Å². The molecular weight excluding hydrogens is 600 g/mol. The molecule has 0 radical (unpaired) electrons. The summed E-state index contributed by atoms with van der Waals surface area (Å²) < 4.78 is 12.4. The van der Waals surface area contributed by atoms with Crippen molar-refractivity contribution in [2.24, 2.45) is 38.7 Å². The first-order chi connectivity index (χ1) is 20.0. The van der Waals surface area contributed by atoms with Crippen molar-refractivity contribution < 1.29 is 29.0 Å². The van der Waals surface area contributed by atoms with Gasteiger partial charge in [-0.2, -0.15) is 0 Å². The van der Waals surface area contributed by atoms with E-state index in [1.54, 1.807) is 6.92 Å². The summed E-state index contributed by atoms with van der Waals surface area (Å²) in [6, 6.07) is 8.17. The molecule has 0 aromatic heterocycles. The van der Waals surface area contributed by atoms with Crippen LogP contribution in [0.4, 0.5) is 0 Å². The van der Waals surface area contributed by atoms with Crippen molar-refractivity contribution in [3.05, 3.63) is 58.1 Å².